The maximum absolute atomic E-state index is 11.5. The molecule has 0 radical (unpaired) electrons. The van der Waals surface area contributed by atoms with Crippen LogP contribution in [0.2, 0.25) is 0 Å². The number of halogens is 1. The number of Topliss-reactive ketones (excluding diaryl/α,β-unsaturated/α-hetero) is 1. The number of benzene rings is 1. The minimum atomic E-state index is 0.189. The molecule has 1 nitrogen and oxygen atoms in total. The molecule has 0 fully saturated rings. The van der Waals surface area contributed by atoms with E-state index in [1.807, 2.05) is 43.3 Å². The molecule has 0 saturated heterocycles. The smallest absolute Gasteiger partial charge is 0.172 e. The number of carbonyl (C=O) groups is 1. The Kier molecular flexibility index (Phi) is 4.15. The molecule has 0 amide bonds. The molecular weight excluding hydrogens is 275 g/mol. The van der Waals surface area contributed by atoms with Gasteiger partial charge < -0.3 is 0 Å². The van der Waals surface area contributed by atoms with E-state index in [1.54, 1.807) is 0 Å². The monoisotopic (exact) mass is 286 g/mol. The molecular formula is C11H11IO. The average Bonchev–Trinajstić information content (AvgIpc) is 2.18. The summed E-state index contributed by atoms with van der Waals surface area (Å²) < 4.78 is 0.807. The van der Waals surface area contributed by atoms with Crippen LogP contribution in [0.25, 0.3) is 0 Å². The number of hydrogen-bond donors (Lipinski definition) is 0. The van der Waals surface area contributed by atoms with Crippen molar-refractivity contribution >= 4 is 28.4 Å². The Morgan fingerprint density at radius 3 is 2.54 bits per heavy atom. The Morgan fingerprint density at radius 2 is 2.00 bits per heavy atom. The standard InChI is InChI=1S/C11H11IO/c1-2-10(12)11(13)8-9-6-4-3-5-7-9/h2-7H,8H2,1H3. The van der Waals surface area contributed by atoms with E-state index >= 15 is 0 Å². The first-order valence-electron chi connectivity index (χ1n) is 4.13. The SMILES string of the molecule is CC=C(I)C(=O)Cc1ccccc1. The predicted octanol–water partition coefficient (Wildman–Crippen LogP) is 3.14. The molecule has 0 aliphatic heterocycles. The van der Waals surface area contributed by atoms with Crippen LogP contribution in [0.4, 0.5) is 0 Å². The maximum Gasteiger partial charge on any atom is 0.172 e. The zero-order chi connectivity index (χ0) is 9.68. The predicted molar refractivity (Wildman–Crippen MR) is 62.9 cm³/mol. The molecule has 0 unspecified atom stereocenters. The van der Waals surface area contributed by atoms with Crippen molar-refractivity contribution in [3.63, 3.8) is 0 Å². The number of hydrogen-bond acceptors (Lipinski definition) is 1. The van der Waals surface area contributed by atoms with Gasteiger partial charge in [-0.15, -0.1) is 0 Å². The first kappa shape index (κ1) is 10.4. The van der Waals surface area contributed by atoms with Crippen LogP contribution in [0.15, 0.2) is 40.0 Å². The topological polar surface area (TPSA) is 17.1 Å². The molecule has 13 heavy (non-hydrogen) atoms. The van der Waals surface area contributed by atoms with Gasteiger partial charge in [-0.05, 0) is 35.1 Å². The molecule has 1 aromatic carbocycles. The molecule has 2 heteroatoms. The van der Waals surface area contributed by atoms with Crippen molar-refractivity contribution in [1.29, 1.82) is 0 Å². The van der Waals surface area contributed by atoms with E-state index in [0.29, 0.717) is 6.42 Å². The van der Waals surface area contributed by atoms with Gasteiger partial charge in [0, 0.05) is 6.42 Å². The molecule has 0 saturated carbocycles. The zero-order valence-corrected chi connectivity index (χ0v) is 9.61. The van der Waals surface area contributed by atoms with Crippen molar-refractivity contribution in [1.82, 2.24) is 0 Å². The van der Waals surface area contributed by atoms with Crippen molar-refractivity contribution in [3.8, 4) is 0 Å². The second-order valence-electron chi connectivity index (χ2n) is 2.72. The summed E-state index contributed by atoms with van der Waals surface area (Å²) in [4.78, 5) is 11.5. The fourth-order valence-corrected chi connectivity index (χ4v) is 1.22. The van der Waals surface area contributed by atoms with Gasteiger partial charge in [0.05, 0.1) is 3.58 Å². The summed E-state index contributed by atoms with van der Waals surface area (Å²) in [6, 6.07) is 9.79. The Labute approximate surface area is 92.0 Å². The van der Waals surface area contributed by atoms with Gasteiger partial charge in [-0.1, -0.05) is 36.4 Å². The van der Waals surface area contributed by atoms with Crippen LogP contribution in [-0.2, 0) is 11.2 Å². The van der Waals surface area contributed by atoms with E-state index in [1.165, 1.54) is 0 Å². The minimum absolute atomic E-state index is 0.189. The molecule has 0 aliphatic carbocycles. The van der Waals surface area contributed by atoms with Crippen molar-refractivity contribution in [3.05, 3.63) is 45.6 Å². The van der Waals surface area contributed by atoms with Crippen LogP contribution in [0.1, 0.15) is 12.5 Å². The number of rotatable bonds is 3. The fourth-order valence-electron chi connectivity index (χ4n) is 1.03. The Hall–Kier alpha value is -0.640. The third kappa shape index (κ3) is 3.30. The highest BCUT2D eigenvalue weighted by molar-refractivity contribution is 14.1. The first-order chi connectivity index (χ1) is 6.24. The van der Waals surface area contributed by atoms with E-state index in [2.05, 4.69) is 22.6 Å². The summed E-state index contributed by atoms with van der Waals surface area (Å²) in [5, 5.41) is 0. The molecule has 0 bridgehead atoms. The van der Waals surface area contributed by atoms with E-state index in [4.69, 9.17) is 0 Å². The van der Waals surface area contributed by atoms with Gasteiger partial charge in [0.2, 0.25) is 0 Å². The zero-order valence-electron chi connectivity index (χ0n) is 7.46. The number of allylic oxidation sites excluding steroid dienone is 2. The van der Waals surface area contributed by atoms with Crippen LogP contribution < -0.4 is 0 Å². The van der Waals surface area contributed by atoms with E-state index in [0.717, 1.165) is 9.14 Å². The summed E-state index contributed by atoms with van der Waals surface area (Å²) >= 11 is 2.07. The van der Waals surface area contributed by atoms with Crippen LogP contribution in [-0.4, -0.2) is 5.78 Å². The van der Waals surface area contributed by atoms with E-state index in [9.17, 15) is 4.79 Å². The van der Waals surface area contributed by atoms with Crippen LogP contribution >= 0.6 is 22.6 Å². The van der Waals surface area contributed by atoms with Gasteiger partial charge in [-0.3, -0.25) is 4.79 Å². The summed E-state index contributed by atoms with van der Waals surface area (Å²) in [5.74, 6) is 0.189. The Bertz CT molecular complexity index is 314. The normalized spacial score (nSPS) is 11.4. The third-order valence-electron chi connectivity index (χ3n) is 1.73. The highest BCUT2D eigenvalue weighted by Crippen LogP contribution is 2.11. The number of ketones is 1. The summed E-state index contributed by atoms with van der Waals surface area (Å²) in [6.45, 7) is 1.88. The lowest BCUT2D eigenvalue weighted by Gasteiger charge is -1.98. The molecule has 68 valence electrons. The molecule has 0 aromatic heterocycles. The lowest BCUT2D eigenvalue weighted by atomic mass is 10.1. The van der Waals surface area contributed by atoms with Gasteiger partial charge >= 0.3 is 0 Å². The van der Waals surface area contributed by atoms with Gasteiger partial charge in [0.1, 0.15) is 0 Å². The Balaban J connectivity index is 2.66. The summed E-state index contributed by atoms with van der Waals surface area (Å²) in [5.41, 5.74) is 1.07. The highest BCUT2D eigenvalue weighted by atomic mass is 127. The van der Waals surface area contributed by atoms with E-state index < -0.39 is 0 Å². The summed E-state index contributed by atoms with van der Waals surface area (Å²) in [7, 11) is 0. The second kappa shape index (κ2) is 5.17. The quantitative estimate of drug-likeness (QED) is 0.616. The van der Waals surface area contributed by atoms with Crippen molar-refractivity contribution in [2.75, 3.05) is 0 Å². The maximum atomic E-state index is 11.5. The van der Waals surface area contributed by atoms with Crippen LogP contribution in [0.5, 0.6) is 0 Å². The van der Waals surface area contributed by atoms with Gasteiger partial charge in [-0.2, -0.15) is 0 Å². The molecule has 0 N–H and O–H groups in total. The lowest BCUT2D eigenvalue weighted by Crippen LogP contribution is -2.01. The third-order valence-corrected chi connectivity index (χ3v) is 2.95. The van der Waals surface area contributed by atoms with Crippen molar-refractivity contribution < 1.29 is 4.79 Å². The van der Waals surface area contributed by atoms with Crippen LogP contribution in [0.3, 0.4) is 0 Å². The van der Waals surface area contributed by atoms with Gasteiger partial charge in [0.15, 0.2) is 5.78 Å². The molecule has 1 rings (SSSR count). The minimum Gasteiger partial charge on any atom is -0.293 e. The van der Waals surface area contributed by atoms with Crippen molar-refractivity contribution in [2.45, 2.75) is 13.3 Å². The largest absolute Gasteiger partial charge is 0.293 e. The first-order valence-corrected chi connectivity index (χ1v) is 5.21. The summed E-state index contributed by atoms with van der Waals surface area (Å²) in [6.07, 6.45) is 2.34. The molecule has 1 aromatic rings. The second-order valence-corrected chi connectivity index (χ2v) is 3.88. The lowest BCUT2D eigenvalue weighted by molar-refractivity contribution is -0.114. The molecule has 0 heterocycles. The molecule has 0 atom stereocenters. The fraction of sp³-hybridized carbons (Fsp3) is 0.182. The molecule has 0 spiro atoms. The Morgan fingerprint density at radius 1 is 1.38 bits per heavy atom. The van der Waals surface area contributed by atoms with Crippen molar-refractivity contribution in [2.24, 2.45) is 0 Å². The number of carbonyl (C=O) groups excluding carboxylic acids is 1. The average molecular weight is 286 g/mol. The van der Waals surface area contributed by atoms with Gasteiger partial charge in [0.25, 0.3) is 0 Å². The molecule has 0 aliphatic rings. The highest BCUT2D eigenvalue weighted by Gasteiger charge is 2.05. The van der Waals surface area contributed by atoms with Crippen LogP contribution in [0, 0.1) is 0 Å². The van der Waals surface area contributed by atoms with Gasteiger partial charge in [-0.25, -0.2) is 0 Å². The van der Waals surface area contributed by atoms with E-state index in [-0.39, 0.29) is 5.78 Å².